The molecular weight excluding hydrogens is 311 g/mol. The summed E-state index contributed by atoms with van der Waals surface area (Å²) in [6, 6.07) is 16.2. The monoisotopic (exact) mass is 338 g/mol. The molecule has 0 spiro atoms. The Balaban J connectivity index is 2.02. The predicted molar refractivity (Wildman–Crippen MR) is 104 cm³/mol. The van der Waals surface area contributed by atoms with Gasteiger partial charge in [0, 0.05) is 40.8 Å². The van der Waals surface area contributed by atoms with Gasteiger partial charge in [0.25, 0.3) is 0 Å². The fraction of sp³-hybridized carbons (Fsp3) is 0.364. The third kappa shape index (κ3) is 3.77. The predicted octanol–water partition coefficient (Wildman–Crippen LogP) is 5.64. The molecule has 0 aliphatic carbocycles. The zero-order chi connectivity index (χ0) is 18.0. The molecule has 0 bridgehead atoms. The molecule has 0 amide bonds. The van der Waals surface area contributed by atoms with E-state index in [1.807, 2.05) is 12.1 Å². The summed E-state index contributed by atoms with van der Waals surface area (Å²) in [7, 11) is 0. The van der Waals surface area contributed by atoms with Crippen LogP contribution in [0.3, 0.4) is 0 Å². The second-order valence-corrected chi connectivity index (χ2v) is 7.21. The number of hydrogen-bond acceptors (Lipinski definition) is 1. The van der Waals surface area contributed by atoms with Crippen LogP contribution in [-0.4, -0.2) is 28.5 Å². The van der Waals surface area contributed by atoms with Crippen molar-refractivity contribution in [1.82, 2.24) is 9.88 Å². The normalized spacial score (nSPS) is 12.0. The van der Waals surface area contributed by atoms with Crippen molar-refractivity contribution in [2.24, 2.45) is 0 Å². The molecule has 1 N–H and O–H groups in total. The van der Waals surface area contributed by atoms with E-state index in [0.29, 0.717) is 12.1 Å². The topological polar surface area (TPSA) is 19.0 Å². The zero-order valence-corrected chi connectivity index (χ0v) is 15.5. The lowest BCUT2D eigenvalue weighted by Gasteiger charge is -2.30. The Kier molecular flexibility index (Phi) is 5.24. The average molecular weight is 338 g/mol. The van der Waals surface area contributed by atoms with E-state index in [2.05, 4.69) is 55.8 Å². The van der Waals surface area contributed by atoms with Crippen LogP contribution in [-0.2, 0) is 6.42 Å². The summed E-state index contributed by atoms with van der Waals surface area (Å²) in [5.41, 5.74) is 4.32. The number of rotatable bonds is 6. The number of aromatic amines is 1. The standard InChI is InChI=1S/C22H27FN2/c1-15(2)25(16(3)4)13-12-20-19-10-5-6-11-21(19)24-22(20)17-8-7-9-18(23)14-17/h5-11,14-16,24H,12-13H2,1-4H3. The van der Waals surface area contributed by atoms with E-state index in [9.17, 15) is 4.39 Å². The largest absolute Gasteiger partial charge is 0.354 e. The maximum atomic E-state index is 13.7. The van der Waals surface area contributed by atoms with Crippen LogP contribution in [0.4, 0.5) is 4.39 Å². The molecule has 0 saturated heterocycles. The Morgan fingerprint density at radius 2 is 1.68 bits per heavy atom. The van der Waals surface area contributed by atoms with Gasteiger partial charge in [-0.3, -0.25) is 4.90 Å². The molecule has 0 aliphatic rings. The maximum absolute atomic E-state index is 13.7. The van der Waals surface area contributed by atoms with Crippen molar-refractivity contribution in [2.75, 3.05) is 6.54 Å². The molecule has 1 heterocycles. The van der Waals surface area contributed by atoms with Crippen molar-refractivity contribution in [3.63, 3.8) is 0 Å². The van der Waals surface area contributed by atoms with E-state index in [1.165, 1.54) is 17.0 Å². The van der Waals surface area contributed by atoms with Gasteiger partial charge in [0.05, 0.1) is 0 Å². The van der Waals surface area contributed by atoms with E-state index in [-0.39, 0.29) is 5.82 Å². The molecule has 3 heteroatoms. The first kappa shape index (κ1) is 17.7. The van der Waals surface area contributed by atoms with E-state index in [0.717, 1.165) is 29.7 Å². The van der Waals surface area contributed by atoms with Crippen LogP contribution in [0.5, 0.6) is 0 Å². The van der Waals surface area contributed by atoms with Gasteiger partial charge in [0.15, 0.2) is 0 Å². The van der Waals surface area contributed by atoms with Gasteiger partial charge >= 0.3 is 0 Å². The number of fused-ring (bicyclic) bond motifs is 1. The van der Waals surface area contributed by atoms with Crippen LogP contribution in [0.25, 0.3) is 22.2 Å². The van der Waals surface area contributed by atoms with Crippen molar-refractivity contribution < 1.29 is 4.39 Å². The smallest absolute Gasteiger partial charge is 0.123 e. The molecular formula is C22H27FN2. The van der Waals surface area contributed by atoms with Crippen LogP contribution in [0, 0.1) is 5.82 Å². The Morgan fingerprint density at radius 1 is 0.960 bits per heavy atom. The van der Waals surface area contributed by atoms with Crippen molar-refractivity contribution in [3.05, 3.63) is 59.9 Å². The first-order valence-electron chi connectivity index (χ1n) is 9.08. The molecule has 2 nitrogen and oxygen atoms in total. The van der Waals surface area contributed by atoms with Crippen LogP contribution >= 0.6 is 0 Å². The third-order valence-electron chi connectivity index (χ3n) is 4.87. The highest BCUT2D eigenvalue weighted by Gasteiger charge is 2.17. The van der Waals surface area contributed by atoms with Gasteiger partial charge in [0.1, 0.15) is 5.82 Å². The van der Waals surface area contributed by atoms with Crippen molar-refractivity contribution in [1.29, 1.82) is 0 Å². The first-order chi connectivity index (χ1) is 12.0. The minimum Gasteiger partial charge on any atom is -0.354 e. The van der Waals surface area contributed by atoms with Gasteiger partial charge in [0.2, 0.25) is 0 Å². The van der Waals surface area contributed by atoms with Crippen molar-refractivity contribution in [3.8, 4) is 11.3 Å². The Bertz CT molecular complexity index is 840. The number of nitrogens with zero attached hydrogens (tertiary/aromatic N) is 1. The summed E-state index contributed by atoms with van der Waals surface area (Å²) in [5, 5.41) is 1.23. The number of para-hydroxylation sites is 1. The molecule has 0 unspecified atom stereocenters. The second-order valence-electron chi connectivity index (χ2n) is 7.21. The molecule has 2 aromatic carbocycles. The van der Waals surface area contributed by atoms with E-state index in [4.69, 9.17) is 0 Å². The SMILES string of the molecule is CC(C)N(CCc1c(-c2cccc(F)c2)[nH]c2ccccc12)C(C)C. The molecule has 1 aromatic heterocycles. The second kappa shape index (κ2) is 7.40. The van der Waals surface area contributed by atoms with Crippen LogP contribution < -0.4 is 0 Å². The molecule has 132 valence electrons. The van der Waals surface area contributed by atoms with Crippen LogP contribution in [0.1, 0.15) is 33.3 Å². The van der Waals surface area contributed by atoms with Gasteiger partial charge in [-0.15, -0.1) is 0 Å². The summed E-state index contributed by atoms with van der Waals surface area (Å²) in [6.45, 7) is 9.94. The highest BCUT2D eigenvalue weighted by Crippen LogP contribution is 2.31. The number of hydrogen-bond donors (Lipinski definition) is 1. The lowest BCUT2D eigenvalue weighted by Crippen LogP contribution is -2.38. The fourth-order valence-corrected chi connectivity index (χ4v) is 3.70. The average Bonchev–Trinajstić information content (AvgIpc) is 2.93. The Labute approximate surface area is 149 Å². The first-order valence-corrected chi connectivity index (χ1v) is 9.08. The number of H-pyrrole nitrogens is 1. The molecule has 0 radical (unpaired) electrons. The molecule has 0 aliphatic heterocycles. The van der Waals surface area contributed by atoms with E-state index >= 15 is 0 Å². The van der Waals surface area contributed by atoms with Gasteiger partial charge in [-0.25, -0.2) is 4.39 Å². The summed E-state index contributed by atoms with van der Waals surface area (Å²) in [4.78, 5) is 6.00. The van der Waals surface area contributed by atoms with Crippen molar-refractivity contribution in [2.45, 2.75) is 46.2 Å². The number of benzene rings is 2. The van der Waals surface area contributed by atoms with E-state index < -0.39 is 0 Å². The third-order valence-corrected chi connectivity index (χ3v) is 4.87. The number of halogens is 1. The van der Waals surface area contributed by atoms with Crippen LogP contribution in [0.15, 0.2) is 48.5 Å². The van der Waals surface area contributed by atoms with Gasteiger partial charge in [-0.2, -0.15) is 0 Å². The van der Waals surface area contributed by atoms with Crippen LogP contribution in [0.2, 0.25) is 0 Å². The summed E-state index contributed by atoms with van der Waals surface area (Å²) in [5.74, 6) is -0.201. The van der Waals surface area contributed by atoms with Gasteiger partial charge in [-0.1, -0.05) is 30.3 Å². The summed E-state index contributed by atoms with van der Waals surface area (Å²) in [6.07, 6.45) is 0.937. The summed E-state index contributed by atoms with van der Waals surface area (Å²) < 4.78 is 13.7. The number of aromatic nitrogens is 1. The minimum absolute atomic E-state index is 0.201. The molecule has 0 fully saturated rings. The summed E-state index contributed by atoms with van der Waals surface area (Å²) >= 11 is 0. The lowest BCUT2D eigenvalue weighted by molar-refractivity contribution is 0.177. The molecule has 3 rings (SSSR count). The highest BCUT2D eigenvalue weighted by atomic mass is 19.1. The Hall–Kier alpha value is -2.13. The molecule has 25 heavy (non-hydrogen) atoms. The quantitative estimate of drug-likeness (QED) is 0.616. The highest BCUT2D eigenvalue weighted by molar-refractivity contribution is 5.90. The molecule has 3 aromatic rings. The fourth-order valence-electron chi connectivity index (χ4n) is 3.70. The van der Waals surface area contributed by atoms with E-state index in [1.54, 1.807) is 12.1 Å². The lowest BCUT2D eigenvalue weighted by atomic mass is 10.0. The van der Waals surface area contributed by atoms with Gasteiger partial charge in [-0.05, 0) is 57.9 Å². The Morgan fingerprint density at radius 3 is 2.36 bits per heavy atom. The zero-order valence-electron chi connectivity index (χ0n) is 15.5. The number of nitrogens with one attached hydrogen (secondary N) is 1. The van der Waals surface area contributed by atoms with Gasteiger partial charge < -0.3 is 4.98 Å². The van der Waals surface area contributed by atoms with Crippen molar-refractivity contribution >= 4 is 10.9 Å². The maximum Gasteiger partial charge on any atom is 0.123 e. The minimum atomic E-state index is -0.201. The molecule has 0 saturated carbocycles. The molecule has 0 atom stereocenters.